The monoisotopic (exact) mass is 408 g/mol. The Morgan fingerprint density at radius 2 is 2.03 bits per heavy atom. The molecule has 3 aromatic rings. The third-order valence-electron chi connectivity index (χ3n) is 6.27. The number of hydrogen-bond donors (Lipinski definition) is 1. The Kier molecular flexibility index (Phi) is 5.12. The van der Waals surface area contributed by atoms with Gasteiger partial charge in [0.15, 0.2) is 5.78 Å². The molecular weight excluding hydrogens is 384 g/mol. The topological polar surface area (TPSA) is 50.2 Å². The summed E-state index contributed by atoms with van der Waals surface area (Å²) >= 11 is 6.14. The quantitative estimate of drug-likeness (QED) is 0.653. The summed E-state index contributed by atoms with van der Waals surface area (Å²) in [4.78, 5) is 20.0. The van der Waals surface area contributed by atoms with Crippen LogP contribution in [0.3, 0.4) is 0 Å². The number of ketones is 1. The Labute approximate surface area is 175 Å². The zero-order valence-electron chi connectivity index (χ0n) is 16.4. The van der Waals surface area contributed by atoms with Gasteiger partial charge in [0, 0.05) is 29.7 Å². The lowest BCUT2D eigenvalue weighted by molar-refractivity contribution is 0.0826. The van der Waals surface area contributed by atoms with E-state index in [1.165, 1.54) is 0 Å². The molecule has 0 amide bonds. The third-order valence-corrected chi connectivity index (χ3v) is 6.51. The van der Waals surface area contributed by atoms with Crippen LogP contribution in [-0.2, 0) is 6.54 Å². The average Bonchev–Trinajstić information content (AvgIpc) is 3.49. The van der Waals surface area contributed by atoms with E-state index in [-0.39, 0.29) is 11.8 Å². The summed E-state index contributed by atoms with van der Waals surface area (Å²) in [5, 5.41) is 4.13. The first-order valence-corrected chi connectivity index (χ1v) is 10.8. The van der Waals surface area contributed by atoms with Gasteiger partial charge in [0.25, 0.3) is 0 Å². The fourth-order valence-corrected chi connectivity index (χ4v) is 4.92. The highest BCUT2D eigenvalue weighted by atomic mass is 35.5. The first-order valence-electron chi connectivity index (χ1n) is 10.4. The number of nitrogens with one attached hydrogen (secondary N) is 1. The predicted octanol–water partition coefficient (Wildman–Crippen LogP) is 3.75. The van der Waals surface area contributed by atoms with Crippen molar-refractivity contribution >= 4 is 28.4 Å². The Morgan fingerprint density at radius 3 is 2.83 bits per heavy atom. The van der Waals surface area contributed by atoms with Crippen molar-refractivity contribution in [2.75, 3.05) is 19.6 Å². The van der Waals surface area contributed by atoms with E-state index in [2.05, 4.69) is 31.9 Å². The van der Waals surface area contributed by atoms with E-state index in [4.69, 9.17) is 11.6 Å². The van der Waals surface area contributed by atoms with Crippen LogP contribution in [0.25, 0.3) is 11.0 Å². The van der Waals surface area contributed by atoms with Crippen molar-refractivity contribution in [3.8, 4) is 0 Å². The van der Waals surface area contributed by atoms with Gasteiger partial charge in [-0.2, -0.15) is 0 Å². The van der Waals surface area contributed by atoms with Gasteiger partial charge in [0.05, 0.1) is 23.4 Å². The molecule has 0 saturated carbocycles. The van der Waals surface area contributed by atoms with E-state index < -0.39 is 0 Å². The second-order valence-electron chi connectivity index (χ2n) is 8.11. The highest BCUT2D eigenvalue weighted by molar-refractivity contribution is 6.31. The molecule has 5 nitrogen and oxygen atoms in total. The Bertz CT molecular complexity index is 1020. The van der Waals surface area contributed by atoms with Crippen LogP contribution in [0.1, 0.15) is 35.2 Å². The first-order chi connectivity index (χ1) is 14.2. The van der Waals surface area contributed by atoms with E-state index >= 15 is 0 Å². The lowest BCUT2D eigenvalue weighted by Gasteiger charge is -2.29. The number of rotatable bonds is 5. The summed E-state index contributed by atoms with van der Waals surface area (Å²) < 4.78 is 2.09. The summed E-state index contributed by atoms with van der Waals surface area (Å²) in [5.74, 6) is 0.265. The second kappa shape index (κ2) is 7.90. The van der Waals surface area contributed by atoms with Gasteiger partial charge in [0.2, 0.25) is 0 Å². The third kappa shape index (κ3) is 3.70. The van der Waals surface area contributed by atoms with Crippen molar-refractivity contribution in [2.24, 2.45) is 0 Å². The van der Waals surface area contributed by atoms with E-state index in [9.17, 15) is 4.79 Å². The van der Waals surface area contributed by atoms with E-state index in [0.717, 1.165) is 61.1 Å². The van der Waals surface area contributed by atoms with Crippen LogP contribution in [-0.4, -0.2) is 52.0 Å². The first kappa shape index (κ1) is 18.8. The number of aromatic nitrogens is 2. The maximum absolute atomic E-state index is 13.2. The van der Waals surface area contributed by atoms with Crippen molar-refractivity contribution in [2.45, 2.75) is 37.9 Å². The van der Waals surface area contributed by atoms with E-state index in [1.807, 2.05) is 36.7 Å². The standard InChI is InChI=1S/C23H25ClN4O/c24-18-7-8-20-22(12-18)27(15-26-20)14-16-3-5-17(6-4-16)23(29)21-2-1-11-28(21)19-9-10-25-13-19/h3-8,12,15,19,21,25H,1-2,9-11,13-14H2. The largest absolute Gasteiger partial charge is 0.326 e. The lowest BCUT2D eigenvalue weighted by Crippen LogP contribution is -2.44. The Morgan fingerprint density at radius 1 is 1.17 bits per heavy atom. The molecule has 2 atom stereocenters. The number of hydrogen-bond acceptors (Lipinski definition) is 4. The minimum absolute atomic E-state index is 0.0329. The number of nitrogens with zero attached hydrogens (tertiary/aromatic N) is 3. The highest BCUT2D eigenvalue weighted by Gasteiger charge is 2.36. The molecule has 0 radical (unpaired) electrons. The van der Waals surface area contributed by atoms with Crippen molar-refractivity contribution in [3.05, 3.63) is 64.9 Å². The Hall–Kier alpha value is -2.21. The molecule has 2 aliphatic heterocycles. The zero-order valence-corrected chi connectivity index (χ0v) is 17.1. The van der Waals surface area contributed by atoms with Gasteiger partial charge < -0.3 is 9.88 Å². The average molecular weight is 409 g/mol. The molecule has 1 aromatic heterocycles. The molecular formula is C23H25ClN4O. The summed E-state index contributed by atoms with van der Waals surface area (Å²) in [6, 6.07) is 14.3. The number of carbonyl (C=O) groups excluding carboxylic acids is 1. The van der Waals surface area contributed by atoms with E-state index in [1.54, 1.807) is 0 Å². The zero-order chi connectivity index (χ0) is 19.8. The molecule has 2 saturated heterocycles. The Balaban J connectivity index is 1.32. The van der Waals surface area contributed by atoms with E-state index in [0.29, 0.717) is 17.6 Å². The minimum Gasteiger partial charge on any atom is -0.326 e. The van der Waals surface area contributed by atoms with Crippen LogP contribution in [0.15, 0.2) is 48.8 Å². The fourth-order valence-electron chi connectivity index (χ4n) is 4.75. The number of benzene rings is 2. The summed E-state index contributed by atoms with van der Waals surface area (Å²) in [5.41, 5.74) is 3.91. The van der Waals surface area contributed by atoms with Gasteiger partial charge in [0.1, 0.15) is 0 Å². The fraction of sp³-hybridized carbons (Fsp3) is 0.391. The number of likely N-dealkylation sites (tertiary alicyclic amines) is 1. The smallest absolute Gasteiger partial charge is 0.179 e. The SMILES string of the molecule is O=C(c1ccc(Cn2cnc3ccc(Cl)cc32)cc1)C1CCCN1C1CCNC1. The van der Waals surface area contributed by atoms with Gasteiger partial charge in [-0.15, -0.1) is 0 Å². The molecule has 2 aromatic carbocycles. The maximum atomic E-state index is 13.2. The molecule has 29 heavy (non-hydrogen) atoms. The molecule has 0 spiro atoms. The molecule has 2 fully saturated rings. The van der Waals surface area contributed by atoms with Crippen LogP contribution < -0.4 is 5.32 Å². The molecule has 0 aliphatic carbocycles. The van der Waals surface area contributed by atoms with Gasteiger partial charge in [-0.25, -0.2) is 4.98 Å². The molecule has 1 N–H and O–H groups in total. The van der Waals surface area contributed by atoms with Crippen LogP contribution in [0.4, 0.5) is 0 Å². The second-order valence-corrected chi connectivity index (χ2v) is 8.55. The summed E-state index contributed by atoms with van der Waals surface area (Å²) in [7, 11) is 0. The van der Waals surface area contributed by atoms with Gasteiger partial charge in [-0.05, 0) is 56.1 Å². The molecule has 6 heteroatoms. The van der Waals surface area contributed by atoms with Gasteiger partial charge in [-0.1, -0.05) is 35.9 Å². The lowest BCUT2D eigenvalue weighted by atomic mass is 10.00. The van der Waals surface area contributed by atoms with Gasteiger partial charge >= 0.3 is 0 Å². The normalized spacial score (nSPS) is 22.5. The molecule has 0 bridgehead atoms. The van der Waals surface area contributed by atoms with Crippen molar-refractivity contribution < 1.29 is 4.79 Å². The maximum Gasteiger partial charge on any atom is 0.179 e. The predicted molar refractivity (Wildman–Crippen MR) is 116 cm³/mol. The number of Topliss-reactive ketones (excluding diaryl/α,β-unsaturated/α-hetero) is 1. The van der Waals surface area contributed by atoms with Crippen molar-refractivity contribution in [1.82, 2.24) is 19.8 Å². The van der Waals surface area contributed by atoms with Crippen LogP contribution >= 0.6 is 11.6 Å². The van der Waals surface area contributed by atoms with Crippen molar-refractivity contribution in [3.63, 3.8) is 0 Å². The minimum atomic E-state index is 0.0329. The molecule has 3 heterocycles. The molecule has 2 unspecified atom stereocenters. The van der Waals surface area contributed by atoms with Gasteiger partial charge in [-0.3, -0.25) is 9.69 Å². The molecule has 5 rings (SSSR count). The number of fused-ring (bicyclic) bond motifs is 1. The number of imidazole rings is 1. The van der Waals surface area contributed by atoms with Crippen LogP contribution in [0.5, 0.6) is 0 Å². The summed E-state index contributed by atoms with van der Waals surface area (Å²) in [6.07, 6.45) is 5.07. The van der Waals surface area contributed by atoms with Crippen LogP contribution in [0, 0.1) is 0 Å². The highest BCUT2D eigenvalue weighted by Crippen LogP contribution is 2.26. The summed E-state index contributed by atoms with van der Waals surface area (Å²) in [6.45, 7) is 3.81. The number of halogens is 1. The van der Waals surface area contributed by atoms with Crippen LogP contribution in [0.2, 0.25) is 5.02 Å². The molecule has 150 valence electrons. The molecule has 2 aliphatic rings. The van der Waals surface area contributed by atoms with Crippen molar-refractivity contribution in [1.29, 1.82) is 0 Å². The number of carbonyl (C=O) groups is 1.